The molecule has 0 fully saturated rings. The smallest absolute Gasteiger partial charge is 0.222 e. The third-order valence-electron chi connectivity index (χ3n) is 2.30. The highest BCUT2D eigenvalue weighted by Crippen LogP contribution is 2.05. The first-order valence-electron chi connectivity index (χ1n) is 6.06. The molecule has 0 aromatic heterocycles. The first-order valence-corrected chi connectivity index (χ1v) is 6.06. The van der Waals surface area contributed by atoms with Gasteiger partial charge in [0.05, 0.1) is 12.5 Å². The van der Waals surface area contributed by atoms with E-state index in [0.29, 0.717) is 18.9 Å². The Kier molecular flexibility index (Phi) is 8.91. The standard InChI is InChI=1S/C13H25NO2/c1-5-7-12(16-4)10-13(15)14-9-6-8-11(2)3/h6,8,11-12H,5,7,9-10H2,1-4H3,(H,14,15)/b8-6+. The van der Waals surface area contributed by atoms with Gasteiger partial charge in [0.25, 0.3) is 0 Å². The van der Waals surface area contributed by atoms with Crippen LogP contribution in [0.15, 0.2) is 12.2 Å². The number of methoxy groups -OCH3 is 1. The molecular weight excluding hydrogens is 202 g/mol. The Bertz CT molecular complexity index is 212. The van der Waals surface area contributed by atoms with Crippen molar-refractivity contribution in [3.8, 4) is 0 Å². The van der Waals surface area contributed by atoms with Crippen LogP contribution in [-0.4, -0.2) is 25.7 Å². The van der Waals surface area contributed by atoms with Crippen LogP contribution >= 0.6 is 0 Å². The Balaban J connectivity index is 3.72. The van der Waals surface area contributed by atoms with Crippen molar-refractivity contribution >= 4 is 5.91 Å². The predicted octanol–water partition coefficient (Wildman–Crippen LogP) is 2.52. The Morgan fingerprint density at radius 2 is 2.12 bits per heavy atom. The molecule has 0 saturated heterocycles. The lowest BCUT2D eigenvalue weighted by molar-refractivity contribution is -0.123. The summed E-state index contributed by atoms with van der Waals surface area (Å²) < 4.78 is 5.23. The second-order valence-corrected chi connectivity index (χ2v) is 4.33. The summed E-state index contributed by atoms with van der Waals surface area (Å²) in [5.74, 6) is 0.595. The Morgan fingerprint density at radius 3 is 2.62 bits per heavy atom. The maximum absolute atomic E-state index is 11.5. The van der Waals surface area contributed by atoms with Crippen molar-refractivity contribution in [2.24, 2.45) is 5.92 Å². The highest BCUT2D eigenvalue weighted by Gasteiger charge is 2.10. The lowest BCUT2D eigenvalue weighted by Crippen LogP contribution is -2.28. The fraction of sp³-hybridized carbons (Fsp3) is 0.769. The number of hydrogen-bond donors (Lipinski definition) is 1. The van der Waals surface area contributed by atoms with Gasteiger partial charge >= 0.3 is 0 Å². The second-order valence-electron chi connectivity index (χ2n) is 4.33. The summed E-state index contributed by atoms with van der Waals surface area (Å²) in [7, 11) is 1.66. The van der Waals surface area contributed by atoms with Gasteiger partial charge < -0.3 is 10.1 Å². The molecule has 3 nitrogen and oxygen atoms in total. The van der Waals surface area contributed by atoms with E-state index in [1.807, 2.05) is 6.08 Å². The minimum Gasteiger partial charge on any atom is -0.381 e. The van der Waals surface area contributed by atoms with Gasteiger partial charge in [-0.2, -0.15) is 0 Å². The zero-order chi connectivity index (χ0) is 12.4. The third-order valence-corrected chi connectivity index (χ3v) is 2.30. The maximum atomic E-state index is 11.5. The zero-order valence-electron chi connectivity index (χ0n) is 11.0. The van der Waals surface area contributed by atoms with Crippen LogP contribution < -0.4 is 5.32 Å². The molecule has 0 aromatic rings. The predicted molar refractivity (Wildman–Crippen MR) is 67.3 cm³/mol. The molecular formula is C13H25NO2. The van der Waals surface area contributed by atoms with Crippen molar-refractivity contribution < 1.29 is 9.53 Å². The summed E-state index contributed by atoms with van der Waals surface area (Å²) >= 11 is 0. The van der Waals surface area contributed by atoms with Gasteiger partial charge in [0.1, 0.15) is 0 Å². The molecule has 94 valence electrons. The van der Waals surface area contributed by atoms with Crippen LogP contribution in [0.4, 0.5) is 0 Å². The molecule has 0 bridgehead atoms. The molecule has 0 rings (SSSR count). The number of amides is 1. The van der Waals surface area contributed by atoms with Crippen molar-refractivity contribution in [2.45, 2.75) is 46.1 Å². The fourth-order valence-corrected chi connectivity index (χ4v) is 1.42. The van der Waals surface area contributed by atoms with Gasteiger partial charge in [0, 0.05) is 13.7 Å². The topological polar surface area (TPSA) is 38.3 Å². The Labute approximate surface area is 99.3 Å². The second kappa shape index (κ2) is 9.40. The summed E-state index contributed by atoms with van der Waals surface area (Å²) in [4.78, 5) is 11.5. The van der Waals surface area contributed by atoms with Crippen molar-refractivity contribution in [1.82, 2.24) is 5.32 Å². The number of hydrogen-bond acceptors (Lipinski definition) is 2. The molecule has 0 spiro atoms. The van der Waals surface area contributed by atoms with Crippen molar-refractivity contribution in [3.63, 3.8) is 0 Å². The molecule has 1 unspecified atom stereocenters. The molecule has 0 aliphatic carbocycles. The van der Waals surface area contributed by atoms with Crippen LogP contribution in [0.3, 0.4) is 0 Å². The van der Waals surface area contributed by atoms with Crippen LogP contribution in [0.5, 0.6) is 0 Å². The molecule has 0 aliphatic rings. The average Bonchev–Trinajstić information content (AvgIpc) is 2.23. The lowest BCUT2D eigenvalue weighted by atomic mass is 10.1. The highest BCUT2D eigenvalue weighted by molar-refractivity contribution is 5.76. The molecule has 16 heavy (non-hydrogen) atoms. The maximum Gasteiger partial charge on any atom is 0.222 e. The van der Waals surface area contributed by atoms with Gasteiger partial charge in [0.15, 0.2) is 0 Å². The number of allylic oxidation sites excluding steroid dienone is 1. The van der Waals surface area contributed by atoms with Crippen LogP contribution in [0.1, 0.15) is 40.0 Å². The number of rotatable bonds is 8. The van der Waals surface area contributed by atoms with Crippen molar-refractivity contribution in [1.29, 1.82) is 0 Å². The molecule has 0 aliphatic heterocycles. The largest absolute Gasteiger partial charge is 0.381 e. The number of carbonyl (C=O) groups excluding carboxylic acids is 1. The molecule has 0 saturated carbocycles. The fourth-order valence-electron chi connectivity index (χ4n) is 1.42. The zero-order valence-corrected chi connectivity index (χ0v) is 11.0. The van der Waals surface area contributed by atoms with E-state index in [4.69, 9.17) is 4.74 Å². The summed E-state index contributed by atoms with van der Waals surface area (Å²) in [5, 5.41) is 2.86. The van der Waals surface area contributed by atoms with E-state index in [0.717, 1.165) is 12.8 Å². The van der Waals surface area contributed by atoms with E-state index < -0.39 is 0 Å². The van der Waals surface area contributed by atoms with Gasteiger partial charge in [-0.15, -0.1) is 0 Å². The summed E-state index contributed by atoms with van der Waals surface area (Å²) in [6, 6.07) is 0. The van der Waals surface area contributed by atoms with Gasteiger partial charge in [0.2, 0.25) is 5.91 Å². The third kappa shape index (κ3) is 8.48. The van der Waals surface area contributed by atoms with Crippen LogP contribution in [0.2, 0.25) is 0 Å². The first kappa shape index (κ1) is 15.2. The lowest BCUT2D eigenvalue weighted by Gasteiger charge is -2.13. The number of ether oxygens (including phenoxy) is 1. The van der Waals surface area contributed by atoms with E-state index in [-0.39, 0.29) is 12.0 Å². The average molecular weight is 227 g/mol. The quantitative estimate of drug-likeness (QED) is 0.647. The summed E-state index contributed by atoms with van der Waals surface area (Å²) in [6.45, 7) is 6.93. The Morgan fingerprint density at radius 1 is 1.44 bits per heavy atom. The first-order chi connectivity index (χ1) is 7.60. The van der Waals surface area contributed by atoms with Crippen LogP contribution in [-0.2, 0) is 9.53 Å². The minimum absolute atomic E-state index is 0.0547. The summed E-state index contributed by atoms with van der Waals surface area (Å²) in [6.07, 6.45) is 6.56. The van der Waals surface area contributed by atoms with E-state index in [2.05, 4.69) is 32.2 Å². The molecule has 1 N–H and O–H groups in total. The van der Waals surface area contributed by atoms with Gasteiger partial charge in [-0.25, -0.2) is 0 Å². The van der Waals surface area contributed by atoms with E-state index >= 15 is 0 Å². The van der Waals surface area contributed by atoms with E-state index in [9.17, 15) is 4.79 Å². The van der Waals surface area contributed by atoms with Crippen molar-refractivity contribution in [3.05, 3.63) is 12.2 Å². The molecule has 0 radical (unpaired) electrons. The van der Waals surface area contributed by atoms with Crippen molar-refractivity contribution in [2.75, 3.05) is 13.7 Å². The Hall–Kier alpha value is -0.830. The molecule has 1 amide bonds. The molecule has 0 heterocycles. The summed E-state index contributed by atoms with van der Waals surface area (Å²) in [5.41, 5.74) is 0. The van der Waals surface area contributed by atoms with Gasteiger partial charge in [-0.3, -0.25) is 4.79 Å². The van der Waals surface area contributed by atoms with E-state index in [1.165, 1.54) is 0 Å². The van der Waals surface area contributed by atoms with Gasteiger partial charge in [-0.1, -0.05) is 39.3 Å². The number of carbonyl (C=O) groups is 1. The van der Waals surface area contributed by atoms with Crippen LogP contribution in [0, 0.1) is 5.92 Å². The normalized spacial score (nSPS) is 13.3. The molecule has 0 aromatic carbocycles. The number of nitrogens with one attached hydrogen (secondary N) is 1. The minimum atomic E-state index is 0.0547. The van der Waals surface area contributed by atoms with Crippen LogP contribution in [0.25, 0.3) is 0 Å². The molecule has 1 atom stereocenters. The highest BCUT2D eigenvalue weighted by atomic mass is 16.5. The van der Waals surface area contributed by atoms with E-state index in [1.54, 1.807) is 7.11 Å². The SMILES string of the molecule is CCCC(CC(=O)NC/C=C/C(C)C)OC. The van der Waals surface area contributed by atoms with Gasteiger partial charge in [-0.05, 0) is 12.3 Å². The monoisotopic (exact) mass is 227 g/mol. The molecule has 3 heteroatoms.